The van der Waals surface area contributed by atoms with Gasteiger partial charge in [-0.3, -0.25) is 4.72 Å². The van der Waals surface area contributed by atoms with Gasteiger partial charge in [0.25, 0.3) is 10.0 Å². The first-order valence-electron chi connectivity index (χ1n) is 6.78. The summed E-state index contributed by atoms with van der Waals surface area (Å²) in [7, 11) is -3.54. The van der Waals surface area contributed by atoms with E-state index in [1.54, 1.807) is 12.1 Å². The molecule has 0 fully saturated rings. The Labute approximate surface area is 130 Å². The van der Waals surface area contributed by atoms with Crippen LogP contribution in [0.15, 0.2) is 40.6 Å². The minimum atomic E-state index is -3.54. The molecule has 4 nitrogen and oxygen atoms in total. The minimum Gasteiger partial charge on any atom is -0.310 e. The molecule has 0 spiro atoms. The number of hydrogen-bond donors (Lipinski definition) is 2. The van der Waals surface area contributed by atoms with Crippen LogP contribution < -0.4 is 10.0 Å². The molecule has 0 aliphatic heterocycles. The lowest BCUT2D eigenvalue weighted by Gasteiger charge is -2.11. The quantitative estimate of drug-likeness (QED) is 0.856. The van der Waals surface area contributed by atoms with Gasteiger partial charge in [-0.25, -0.2) is 8.42 Å². The first kappa shape index (κ1) is 16.0. The molecule has 0 radical (unpaired) electrons. The molecule has 6 heteroatoms. The van der Waals surface area contributed by atoms with Gasteiger partial charge in [0.2, 0.25) is 0 Å². The summed E-state index contributed by atoms with van der Waals surface area (Å²) in [6, 6.07) is 9.30. The Bertz CT molecular complexity index is 706. The summed E-state index contributed by atoms with van der Waals surface area (Å²) in [6.07, 6.45) is 0. The first-order chi connectivity index (χ1) is 9.88. The third-order valence-corrected chi connectivity index (χ3v) is 5.45. The lowest BCUT2D eigenvalue weighted by molar-refractivity contribution is 0.581. The molecular weight excluding hydrogens is 304 g/mol. The van der Waals surface area contributed by atoms with Crippen LogP contribution in [0.4, 0.5) is 5.69 Å². The van der Waals surface area contributed by atoms with Crippen LogP contribution in [0, 0.1) is 6.92 Å². The van der Waals surface area contributed by atoms with Gasteiger partial charge in [0.05, 0.1) is 0 Å². The van der Waals surface area contributed by atoms with Gasteiger partial charge >= 0.3 is 0 Å². The zero-order valence-corrected chi connectivity index (χ0v) is 14.0. The lowest BCUT2D eigenvalue weighted by Crippen LogP contribution is -2.23. The molecule has 0 atom stereocenters. The van der Waals surface area contributed by atoms with Crippen LogP contribution in [-0.2, 0) is 16.6 Å². The molecule has 0 amide bonds. The molecule has 0 unspecified atom stereocenters. The van der Waals surface area contributed by atoms with Crippen molar-refractivity contribution >= 4 is 27.0 Å². The fraction of sp³-hybridized carbons (Fsp3) is 0.333. The normalized spacial score (nSPS) is 11.8. The molecule has 1 aromatic carbocycles. The van der Waals surface area contributed by atoms with Crippen LogP contribution in [0.1, 0.15) is 24.3 Å². The lowest BCUT2D eigenvalue weighted by atomic mass is 10.2. The molecule has 0 aliphatic carbocycles. The second-order valence-electron chi connectivity index (χ2n) is 5.22. The smallest absolute Gasteiger partial charge is 0.263 e. The van der Waals surface area contributed by atoms with Gasteiger partial charge in [-0.15, -0.1) is 11.3 Å². The van der Waals surface area contributed by atoms with Crippen molar-refractivity contribution in [1.82, 2.24) is 5.32 Å². The average Bonchev–Trinajstić information content (AvgIpc) is 2.85. The van der Waals surface area contributed by atoms with Gasteiger partial charge in [0.15, 0.2) is 0 Å². The number of hydrogen-bond acceptors (Lipinski definition) is 4. The van der Waals surface area contributed by atoms with Crippen molar-refractivity contribution in [3.63, 3.8) is 0 Å². The number of thiophene rings is 1. The van der Waals surface area contributed by atoms with Crippen LogP contribution in [-0.4, -0.2) is 14.5 Å². The number of rotatable bonds is 6. The molecule has 21 heavy (non-hydrogen) atoms. The van der Waals surface area contributed by atoms with E-state index in [-0.39, 0.29) is 0 Å². The molecule has 2 aromatic rings. The number of aryl methyl sites for hydroxylation is 1. The molecule has 1 heterocycles. The van der Waals surface area contributed by atoms with E-state index in [2.05, 4.69) is 10.0 Å². The van der Waals surface area contributed by atoms with Crippen molar-refractivity contribution in [1.29, 1.82) is 0 Å². The van der Waals surface area contributed by atoms with Crippen molar-refractivity contribution in [2.24, 2.45) is 0 Å². The summed E-state index contributed by atoms with van der Waals surface area (Å²) >= 11 is 1.45. The highest BCUT2D eigenvalue weighted by Gasteiger charge is 2.19. The van der Waals surface area contributed by atoms with Crippen molar-refractivity contribution in [2.45, 2.75) is 38.3 Å². The predicted molar refractivity (Wildman–Crippen MR) is 88.3 cm³/mol. The monoisotopic (exact) mass is 324 g/mol. The highest BCUT2D eigenvalue weighted by Crippen LogP contribution is 2.24. The van der Waals surface area contributed by atoms with Crippen LogP contribution in [0.5, 0.6) is 0 Å². The number of benzene rings is 1. The molecule has 0 saturated heterocycles. The Morgan fingerprint density at radius 2 is 2.00 bits per heavy atom. The molecule has 0 saturated carbocycles. The van der Waals surface area contributed by atoms with Gasteiger partial charge in [0, 0.05) is 23.2 Å². The van der Waals surface area contributed by atoms with Crippen molar-refractivity contribution in [3.05, 3.63) is 46.2 Å². The van der Waals surface area contributed by atoms with E-state index in [0.717, 1.165) is 10.4 Å². The Hall–Kier alpha value is -1.37. The SMILES string of the molecule is Cc1cccc(NS(=O)(=O)c2ccsc2CNC(C)C)c1. The topological polar surface area (TPSA) is 58.2 Å². The van der Waals surface area contributed by atoms with E-state index in [1.165, 1.54) is 11.3 Å². The second kappa shape index (κ2) is 6.60. The molecule has 114 valence electrons. The van der Waals surface area contributed by atoms with Crippen LogP contribution in [0.3, 0.4) is 0 Å². The standard InChI is InChI=1S/C15H20N2O2S2/c1-11(2)16-10-14-15(7-8-20-14)21(18,19)17-13-6-4-5-12(3)9-13/h4-9,11,16-17H,10H2,1-3H3. The van der Waals surface area contributed by atoms with Gasteiger partial charge < -0.3 is 5.32 Å². The summed E-state index contributed by atoms with van der Waals surface area (Å²) in [5.41, 5.74) is 1.60. The van der Waals surface area contributed by atoms with Crippen LogP contribution >= 0.6 is 11.3 Å². The third kappa shape index (κ3) is 4.30. The Kier molecular flexibility index (Phi) is 5.03. The fourth-order valence-electron chi connectivity index (χ4n) is 1.91. The fourth-order valence-corrected chi connectivity index (χ4v) is 4.36. The number of anilines is 1. The Balaban J connectivity index is 2.22. The number of sulfonamides is 1. The molecule has 0 aliphatic rings. The van der Waals surface area contributed by atoms with E-state index < -0.39 is 10.0 Å². The van der Waals surface area contributed by atoms with Crippen LogP contribution in [0.2, 0.25) is 0 Å². The average molecular weight is 324 g/mol. The highest BCUT2D eigenvalue weighted by molar-refractivity contribution is 7.93. The second-order valence-corrected chi connectivity index (χ2v) is 7.87. The van der Waals surface area contributed by atoms with Gasteiger partial charge in [-0.05, 0) is 36.1 Å². The maximum absolute atomic E-state index is 12.5. The predicted octanol–water partition coefficient (Wildman–Crippen LogP) is 3.36. The maximum atomic E-state index is 12.5. The van der Waals surface area contributed by atoms with Gasteiger partial charge in [-0.1, -0.05) is 26.0 Å². The Morgan fingerprint density at radius 1 is 1.24 bits per heavy atom. The zero-order valence-electron chi connectivity index (χ0n) is 12.4. The Morgan fingerprint density at radius 3 is 2.67 bits per heavy atom. The molecule has 2 N–H and O–H groups in total. The molecule has 0 bridgehead atoms. The minimum absolute atomic E-state index is 0.312. The summed E-state index contributed by atoms with van der Waals surface area (Å²) in [5.74, 6) is 0. The molecule has 1 aromatic heterocycles. The van der Waals surface area contributed by atoms with E-state index >= 15 is 0 Å². The largest absolute Gasteiger partial charge is 0.310 e. The zero-order chi connectivity index (χ0) is 15.5. The van der Waals surface area contributed by atoms with Crippen molar-refractivity contribution in [2.75, 3.05) is 4.72 Å². The molecular formula is C15H20N2O2S2. The van der Waals surface area contributed by atoms with E-state index in [0.29, 0.717) is 23.2 Å². The van der Waals surface area contributed by atoms with Gasteiger partial charge in [0.1, 0.15) is 4.90 Å². The van der Waals surface area contributed by atoms with E-state index in [1.807, 2.05) is 44.4 Å². The summed E-state index contributed by atoms with van der Waals surface area (Å²) in [6.45, 7) is 6.55. The van der Waals surface area contributed by atoms with Crippen molar-refractivity contribution in [3.8, 4) is 0 Å². The van der Waals surface area contributed by atoms with Crippen molar-refractivity contribution < 1.29 is 8.42 Å². The van der Waals surface area contributed by atoms with Gasteiger partial charge in [-0.2, -0.15) is 0 Å². The number of nitrogens with one attached hydrogen (secondary N) is 2. The van der Waals surface area contributed by atoms with Crippen LogP contribution in [0.25, 0.3) is 0 Å². The van der Waals surface area contributed by atoms with E-state index in [4.69, 9.17) is 0 Å². The molecule has 2 rings (SSSR count). The summed E-state index contributed by atoms with van der Waals surface area (Å²) < 4.78 is 27.7. The summed E-state index contributed by atoms with van der Waals surface area (Å²) in [5, 5.41) is 5.06. The first-order valence-corrected chi connectivity index (χ1v) is 9.14. The highest BCUT2D eigenvalue weighted by atomic mass is 32.2. The van der Waals surface area contributed by atoms with E-state index in [9.17, 15) is 8.42 Å². The maximum Gasteiger partial charge on any atom is 0.263 e. The summed E-state index contributed by atoms with van der Waals surface area (Å²) in [4.78, 5) is 1.17. The third-order valence-electron chi connectivity index (χ3n) is 2.94.